The number of morpholine rings is 1. The predicted molar refractivity (Wildman–Crippen MR) is 165 cm³/mol. The fourth-order valence-corrected chi connectivity index (χ4v) is 7.69. The second-order valence-corrected chi connectivity index (χ2v) is 14.2. The number of hydrogen-bond donors (Lipinski definition) is 0. The first-order valence-electron chi connectivity index (χ1n) is 14.3. The average molecular weight is 612 g/mol. The summed E-state index contributed by atoms with van der Waals surface area (Å²) in [5.74, 6) is 0.652. The number of rotatable bonds is 8. The zero-order valence-corrected chi connectivity index (χ0v) is 25.9. The fourth-order valence-electron chi connectivity index (χ4n) is 5.43. The third kappa shape index (κ3) is 6.56. The number of aromatic nitrogens is 1. The number of sulfonamides is 1. The Hall–Kier alpha value is -3.19. The van der Waals surface area contributed by atoms with Crippen molar-refractivity contribution >= 4 is 38.4 Å². The molecule has 1 aliphatic heterocycles. The maximum absolute atomic E-state index is 13.0. The van der Waals surface area contributed by atoms with Gasteiger partial charge in [0.15, 0.2) is 0 Å². The van der Waals surface area contributed by atoms with Crippen molar-refractivity contribution in [2.45, 2.75) is 57.8 Å². The average Bonchev–Trinajstić information content (AvgIpc) is 3.39. The molecular weight excluding hydrogens is 574 g/mol. The Labute approximate surface area is 250 Å². The zero-order chi connectivity index (χ0) is 29.9. The molecule has 0 radical (unpaired) electrons. The Morgan fingerprint density at radius 2 is 1.69 bits per heavy atom. The predicted octanol–water partition coefficient (Wildman–Crippen LogP) is 6.21. The minimum Gasteiger partial charge on any atom is -0.379 e. The molecule has 1 saturated heterocycles. The van der Waals surface area contributed by atoms with Gasteiger partial charge in [-0.05, 0) is 73.4 Å². The monoisotopic (exact) mass is 611 g/mol. The van der Waals surface area contributed by atoms with Crippen molar-refractivity contribution in [3.05, 3.63) is 68.8 Å². The minimum absolute atomic E-state index is 0.0285. The van der Waals surface area contributed by atoms with Gasteiger partial charge in [0.05, 0.1) is 34.4 Å². The lowest BCUT2D eigenvalue weighted by atomic mass is 9.69. The number of non-ortho nitro benzene ring substituents is 1. The van der Waals surface area contributed by atoms with Crippen molar-refractivity contribution < 1.29 is 18.1 Å². The summed E-state index contributed by atoms with van der Waals surface area (Å²) in [6.45, 7) is 8.39. The van der Waals surface area contributed by atoms with Crippen LogP contribution in [0.1, 0.15) is 52.9 Å². The maximum Gasteiger partial charge on any atom is 0.269 e. The van der Waals surface area contributed by atoms with Crippen molar-refractivity contribution in [1.82, 2.24) is 8.98 Å². The van der Waals surface area contributed by atoms with Gasteiger partial charge in [-0.25, -0.2) is 18.1 Å². The van der Waals surface area contributed by atoms with E-state index < -0.39 is 14.9 Å². The SMILES string of the molecule is CCC(C)(C)C1CCC(=Nn2c(-c3ccc([N+](=O)[O-])cc3)csc2=Nc2ccc(S(=O)(=O)N3CCOCC3)cc2)CC1. The summed E-state index contributed by atoms with van der Waals surface area (Å²) in [5, 5.41) is 18.2. The summed E-state index contributed by atoms with van der Waals surface area (Å²) in [6.07, 6.45) is 5.13. The number of hydrogen-bond acceptors (Lipinski definition) is 8. The van der Waals surface area contributed by atoms with Crippen LogP contribution in [0.25, 0.3) is 11.3 Å². The molecule has 5 rings (SSSR count). The Morgan fingerprint density at radius 3 is 2.29 bits per heavy atom. The molecule has 1 aromatic heterocycles. The molecule has 10 nitrogen and oxygen atoms in total. The van der Waals surface area contributed by atoms with Crippen molar-refractivity contribution in [2.24, 2.45) is 21.4 Å². The van der Waals surface area contributed by atoms with E-state index in [1.807, 2.05) is 10.1 Å². The largest absolute Gasteiger partial charge is 0.379 e. The molecule has 2 heterocycles. The van der Waals surface area contributed by atoms with Gasteiger partial charge in [-0.3, -0.25) is 10.1 Å². The van der Waals surface area contributed by atoms with E-state index in [2.05, 4.69) is 20.8 Å². The molecule has 0 bridgehead atoms. The molecule has 0 atom stereocenters. The molecule has 12 heteroatoms. The number of nitrogens with zero attached hydrogens (tertiary/aromatic N) is 5. The van der Waals surface area contributed by atoms with E-state index >= 15 is 0 Å². The number of ether oxygens (including phenoxy) is 1. The van der Waals surface area contributed by atoms with Crippen LogP contribution in [0.15, 0.2) is 68.9 Å². The normalized spacial score (nSPS) is 19.2. The smallest absolute Gasteiger partial charge is 0.269 e. The van der Waals surface area contributed by atoms with Crippen LogP contribution < -0.4 is 4.80 Å². The Kier molecular flexibility index (Phi) is 9.07. The van der Waals surface area contributed by atoms with E-state index in [0.717, 1.165) is 49.1 Å². The molecule has 0 spiro atoms. The number of benzene rings is 2. The van der Waals surface area contributed by atoms with E-state index in [9.17, 15) is 18.5 Å². The second kappa shape index (κ2) is 12.6. The Bertz CT molecular complexity index is 1610. The Balaban J connectivity index is 1.48. The van der Waals surface area contributed by atoms with Gasteiger partial charge >= 0.3 is 0 Å². The van der Waals surface area contributed by atoms with E-state index in [4.69, 9.17) is 14.8 Å². The summed E-state index contributed by atoms with van der Waals surface area (Å²) in [5.41, 5.74) is 3.63. The summed E-state index contributed by atoms with van der Waals surface area (Å²) in [6, 6.07) is 13.0. The van der Waals surface area contributed by atoms with E-state index in [1.54, 1.807) is 36.4 Å². The van der Waals surface area contributed by atoms with Gasteiger partial charge in [0, 0.05) is 41.9 Å². The lowest BCUT2D eigenvalue weighted by molar-refractivity contribution is -0.384. The van der Waals surface area contributed by atoms with Crippen molar-refractivity contribution in [3.8, 4) is 11.3 Å². The van der Waals surface area contributed by atoms with Crippen LogP contribution in [0, 0.1) is 21.4 Å². The highest BCUT2D eigenvalue weighted by Gasteiger charge is 2.31. The summed E-state index contributed by atoms with van der Waals surface area (Å²) in [4.78, 5) is 16.5. The third-order valence-corrected chi connectivity index (χ3v) is 11.3. The summed E-state index contributed by atoms with van der Waals surface area (Å²) in [7, 11) is -3.60. The van der Waals surface area contributed by atoms with Gasteiger partial charge in [0.25, 0.3) is 5.69 Å². The third-order valence-electron chi connectivity index (χ3n) is 8.55. The highest BCUT2D eigenvalue weighted by molar-refractivity contribution is 7.89. The second-order valence-electron chi connectivity index (χ2n) is 11.4. The summed E-state index contributed by atoms with van der Waals surface area (Å²) >= 11 is 1.42. The maximum atomic E-state index is 13.0. The van der Waals surface area contributed by atoms with Crippen LogP contribution in [0.4, 0.5) is 11.4 Å². The molecule has 1 aliphatic carbocycles. The first-order valence-corrected chi connectivity index (χ1v) is 16.7. The van der Waals surface area contributed by atoms with Gasteiger partial charge in [-0.1, -0.05) is 27.2 Å². The van der Waals surface area contributed by atoms with Gasteiger partial charge in [-0.15, -0.1) is 11.3 Å². The topological polar surface area (TPSA) is 119 Å². The van der Waals surface area contributed by atoms with E-state index in [0.29, 0.717) is 48.1 Å². The number of thiazole rings is 1. The summed E-state index contributed by atoms with van der Waals surface area (Å²) < 4.78 is 34.6. The number of nitro groups is 1. The molecular formula is C30H37N5O5S2. The number of nitro benzene ring substituents is 1. The van der Waals surface area contributed by atoms with Crippen LogP contribution >= 0.6 is 11.3 Å². The van der Waals surface area contributed by atoms with Gasteiger partial charge in [0.1, 0.15) is 0 Å². The van der Waals surface area contributed by atoms with Crippen LogP contribution in [0.2, 0.25) is 0 Å². The molecule has 42 heavy (non-hydrogen) atoms. The standard InChI is InChI=1S/C30H37N5O5S2/c1-4-30(2,3)23-7-9-25(10-8-23)32-34-28(22-5-13-26(14-6-22)35(36)37)21-41-29(34)31-24-11-15-27(16-12-24)42(38,39)33-17-19-40-20-18-33/h5-6,11-16,21,23H,4,7-10,17-20H2,1-3H3. The van der Waals surface area contributed by atoms with E-state index in [1.165, 1.54) is 27.8 Å². The first-order chi connectivity index (χ1) is 20.1. The first kappa shape index (κ1) is 30.3. The van der Waals surface area contributed by atoms with Gasteiger partial charge < -0.3 is 4.74 Å². The van der Waals surface area contributed by atoms with Gasteiger partial charge in [-0.2, -0.15) is 9.41 Å². The van der Waals surface area contributed by atoms with Crippen LogP contribution in [-0.2, 0) is 14.8 Å². The lowest BCUT2D eigenvalue weighted by Crippen LogP contribution is -2.40. The molecule has 0 amide bonds. The van der Waals surface area contributed by atoms with Crippen LogP contribution in [0.5, 0.6) is 0 Å². The van der Waals surface area contributed by atoms with Crippen molar-refractivity contribution in [3.63, 3.8) is 0 Å². The molecule has 1 saturated carbocycles. The molecule has 0 N–H and O–H groups in total. The highest BCUT2D eigenvalue weighted by Crippen LogP contribution is 2.40. The van der Waals surface area contributed by atoms with E-state index in [-0.39, 0.29) is 10.6 Å². The quantitative estimate of drug-likeness (QED) is 0.222. The van der Waals surface area contributed by atoms with Gasteiger partial charge in [0.2, 0.25) is 14.8 Å². The Morgan fingerprint density at radius 1 is 1.05 bits per heavy atom. The molecule has 2 aliphatic rings. The molecule has 2 fully saturated rings. The zero-order valence-electron chi connectivity index (χ0n) is 24.2. The van der Waals surface area contributed by atoms with Crippen LogP contribution in [0.3, 0.4) is 0 Å². The fraction of sp³-hybridized carbons (Fsp3) is 0.467. The molecule has 0 unspecified atom stereocenters. The minimum atomic E-state index is -3.60. The van der Waals surface area contributed by atoms with Crippen LogP contribution in [-0.4, -0.2) is 54.3 Å². The van der Waals surface area contributed by atoms with Crippen molar-refractivity contribution in [1.29, 1.82) is 0 Å². The molecule has 2 aromatic carbocycles. The highest BCUT2D eigenvalue weighted by atomic mass is 32.2. The van der Waals surface area contributed by atoms with Crippen molar-refractivity contribution in [2.75, 3.05) is 26.3 Å². The lowest BCUT2D eigenvalue weighted by Gasteiger charge is -2.36. The molecule has 224 valence electrons. The molecule has 3 aromatic rings.